The van der Waals surface area contributed by atoms with Crippen LogP contribution in [0.2, 0.25) is 0 Å². The fourth-order valence-electron chi connectivity index (χ4n) is 3.67. The smallest absolute Gasteiger partial charge is 0.280 e. The van der Waals surface area contributed by atoms with Gasteiger partial charge in [0.2, 0.25) is 23.5 Å². The topological polar surface area (TPSA) is 112 Å². The summed E-state index contributed by atoms with van der Waals surface area (Å²) >= 11 is 0. The Balaban J connectivity index is 1.91. The number of anilines is 1. The van der Waals surface area contributed by atoms with E-state index in [1.165, 1.54) is 37.3 Å². The molecule has 34 heavy (non-hydrogen) atoms. The molecule has 0 aliphatic carbocycles. The number of nitrogens with two attached hydrogens (primary N) is 1. The quantitative estimate of drug-likeness (QED) is 0.560. The van der Waals surface area contributed by atoms with E-state index in [1.54, 1.807) is 19.9 Å². The summed E-state index contributed by atoms with van der Waals surface area (Å²) in [5.41, 5.74) is 7.10. The molecule has 0 bridgehead atoms. The number of hydrogen-bond donors (Lipinski definition) is 2. The zero-order valence-corrected chi connectivity index (χ0v) is 18.6. The van der Waals surface area contributed by atoms with Crippen molar-refractivity contribution in [2.45, 2.75) is 39.0 Å². The average molecular weight is 473 g/mol. The van der Waals surface area contributed by atoms with Crippen LogP contribution < -0.4 is 15.8 Å². The first-order valence-corrected chi connectivity index (χ1v) is 10.4. The summed E-state index contributed by atoms with van der Waals surface area (Å²) in [6.07, 6.45) is -2.82. The van der Waals surface area contributed by atoms with Gasteiger partial charge in [0.25, 0.3) is 6.43 Å². The number of halogens is 3. The Morgan fingerprint density at radius 1 is 1.21 bits per heavy atom. The predicted molar refractivity (Wildman–Crippen MR) is 117 cm³/mol. The van der Waals surface area contributed by atoms with E-state index in [2.05, 4.69) is 20.3 Å². The first-order valence-electron chi connectivity index (χ1n) is 10.4. The predicted octanol–water partition coefficient (Wildman–Crippen LogP) is 3.80. The van der Waals surface area contributed by atoms with Crippen molar-refractivity contribution in [3.63, 3.8) is 0 Å². The number of nitrogen functional groups attached to an aromatic ring is 1. The van der Waals surface area contributed by atoms with Gasteiger partial charge in [0.05, 0.1) is 17.9 Å². The third kappa shape index (κ3) is 4.65. The third-order valence-electron chi connectivity index (χ3n) is 5.34. The van der Waals surface area contributed by atoms with Gasteiger partial charge in [0.1, 0.15) is 17.6 Å². The second kappa shape index (κ2) is 8.90. The molecule has 4 rings (SSSR count). The number of alkyl halides is 2. The zero-order valence-electron chi connectivity index (χ0n) is 18.6. The van der Waals surface area contributed by atoms with Crippen LogP contribution in [-0.4, -0.2) is 39.3 Å². The molecule has 8 nitrogen and oxygen atoms in total. The number of ether oxygens (including phenoxy) is 2. The molecule has 2 unspecified atom stereocenters. The van der Waals surface area contributed by atoms with E-state index < -0.39 is 29.8 Å². The lowest BCUT2D eigenvalue weighted by atomic mass is 9.98. The van der Waals surface area contributed by atoms with Gasteiger partial charge in [0.15, 0.2) is 0 Å². The lowest BCUT2D eigenvalue weighted by Crippen LogP contribution is -2.66. The number of carbonyl (C=O) groups is 1. The number of nitrogens with one attached hydrogen (secondary N) is 1. The van der Waals surface area contributed by atoms with E-state index in [9.17, 15) is 18.0 Å². The lowest BCUT2D eigenvalue weighted by Gasteiger charge is -2.45. The SMILES string of the molecule is CC(=O)NC1COC1(C)Oc1nc(N)nc(-c2ccc(F)cc2)c1-c1cc(C)nc(C(F)F)c1. The van der Waals surface area contributed by atoms with Crippen LogP contribution in [0.1, 0.15) is 31.7 Å². The molecule has 1 fully saturated rings. The highest BCUT2D eigenvalue weighted by atomic mass is 19.3. The van der Waals surface area contributed by atoms with Gasteiger partial charge in [-0.2, -0.15) is 4.98 Å². The van der Waals surface area contributed by atoms with Crippen molar-refractivity contribution in [3.05, 3.63) is 53.6 Å². The van der Waals surface area contributed by atoms with Gasteiger partial charge in [0, 0.05) is 25.1 Å². The van der Waals surface area contributed by atoms with Crippen molar-refractivity contribution in [1.82, 2.24) is 20.3 Å². The second-order valence-corrected chi connectivity index (χ2v) is 8.02. The Labute approximate surface area is 193 Å². The van der Waals surface area contributed by atoms with Crippen molar-refractivity contribution < 1.29 is 27.4 Å². The molecule has 1 aliphatic rings. The summed E-state index contributed by atoms with van der Waals surface area (Å²) in [6, 6.07) is 7.74. The molecule has 1 aliphatic heterocycles. The molecule has 3 aromatic rings. The Morgan fingerprint density at radius 2 is 1.91 bits per heavy atom. The number of rotatable bonds is 6. The summed E-state index contributed by atoms with van der Waals surface area (Å²) in [7, 11) is 0. The molecular weight excluding hydrogens is 451 g/mol. The number of aromatic nitrogens is 3. The van der Waals surface area contributed by atoms with Crippen molar-refractivity contribution in [2.24, 2.45) is 0 Å². The van der Waals surface area contributed by atoms with Crippen molar-refractivity contribution in [3.8, 4) is 28.3 Å². The normalized spacial score (nSPS) is 19.6. The molecule has 11 heteroatoms. The summed E-state index contributed by atoms with van der Waals surface area (Å²) in [6.45, 7) is 4.76. The van der Waals surface area contributed by atoms with Crippen molar-refractivity contribution >= 4 is 11.9 Å². The Bertz CT molecular complexity index is 1240. The number of benzene rings is 1. The van der Waals surface area contributed by atoms with Gasteiger partial charge in [-0.1, -0.05) is 0 Å². The fraction of sp³-hybridized carbons (Fsp3) is 0.304. The van der Waals surface area contributed by atoms with E-state index in [-0.39, 0.29) is 35.6 Å². The number of carbonyl (C=O) groups excluding carboxylic acids is 1. The zero-order chi connectivity index (χ0) is 24.6. The molecular formula is C23H22F3N5O3. The minimum atomic E-state index is -2.82. The Hall–Kier alpha value is -3.73. The Kier molecular flexibility index (Phi) is 6.13. The van der Waals surface area contributed by atoms with Crippen molar-refractivity contribution in [2.75, 3.05) is 12.3 Å². The van der Waals surface area contributed by atoms with Gasteiger partial charge in [-0.05, 0) is 48.9 Å². The van der Waals surface area contributed by atoms with Crippen LogP contribution in [0.25, 0.3) is 22.4 Å². The molecule has 0 spiro atoms. The van der Waals surface area contributed by atoms with Crippen LogP contribution in [0.15, 0.2) is 36.4 Å². The fourth-order valence-corrected chi connectivity index (χ4v) is 3.67. The van der Waals surface area contributed by atoms with E-state index in [4.69, 9.17) is 15.2 Å². The third-order valence-corrected chi connectivity index (χ3v) is 5.34. The van der Waals surface area contributed by atoms with Crippen LogP contribution in [0.5, 0.6) is 5.88 Å². The summed E-state index contributed by atoms with van der Waals surface area (Å²) < 4.78 is 52.3. The van der Waals surface area contributed by atoms with Gasteiger partial charge < -0.3 is 20.5 Å². The molecule has 2 aromatic heterocycles. The van der Waals surface area contributed by atoms with Crippen molar-refractivity contribution in [1.29, 1.82) is 0 Å². The summed E-state index contributed by atoms with van der Waals surface area (Å²) in [5, 5.41) is 2.74. The first-order chi connectivity index (χ1) is 16.1. The minimum absolute atomic E-state index is 0.0461. The standard InChI is InChI=1S/C23H22F3N5O3/c1-11-8-14(9-16(28-11)20(25)26)18-19(13-4-6-15(24)7-5-13)30-22(27)31-21(18)34-23(3)17(10-33-23)29-12(2)32/h4-9,17,20H,10H2,1-3H3,(H,29,32)(H2,27,30,31). The average Bonchev–Trinajstić information content (AvgIpc) is 2.76. The van der Waals surface area contributed by atoms with E-state index >= 15 is 0 Å². The maximum atomic E-state index is 13.6. The molecule has 2 atom stereocenters. The minimum Gasteiger partial charge on any atom is -0.442 e. The largest absolute Gasteiger partial charge is 0.442 e. The monoisotopic (exact) mass is 473 g/mol. The highest BCUT2D eigenvalue weighted by Crippen LogP contribution is 2.41. The van der Waals surface area contributed by atoms with Crippen LogP contribution >= 0.6 is 0 Å². The maximum absolute atomic E-state index is 13.6. The van der Waals surface area contributed by atoms with Crippen LogP contribution in [0.4, 0.5) is 19.1 Å². The highest BCUT2D eigenvalue weighted by Gasteiger charge is 2.48. The van der Waals surface area contributed by atoms with Gasteiger partial charge >= 0.3 is 0 Å². The summed E-state index contributed by atoms with van der Waals surface area (Å²) in [5.74, 6) is -2.23. The van der Waals surface area contributed by atoms with Gasteiger partial charge in [-0.15, -0.1) is 0 Å². The van der Waals surface area contributed by atoms with Crippen LogP contribution in [0.3, 0.4) is 0 Å². The maximum Gasteiger partial charge on any atom is 0.280 e. The number of nitrogens with zero attached hydrogens (tertiary/aromatic N) is 3. The summed E-state index contributed by atoms with van der Waals surface area (Å²) in [4.78, 5) is 24.0. The molecule has 1 aromatic carbocycles. The van der Waals surface area contributed by atoms with E-state index in [0.717, 1.165) is 0 Å². The van der Waals surface area contributed by atoms with Crippen LogP contribution in [-0.2, 0) is 9.53 Å². The number of hydrogen-bond acceptors (Lipinski definition) is 7. The first kappa shape index (κ1) is 23.4. The number of amides is 1. The molecule has 178 valence electrons. The molecule has 1 saturated heterocycles. The molecule has 3 heterocycles. The number of pyridine rings is 1. The molecule has 0 saturated carbocycles. The van der Waals surface area contributed by atoms with E-state index in [1.807, 2.05) is 0 Å². The highest BCUT2D eigenvalue weighted by molar-refractivity contribution is 5.85. The second-order valence-electron chi connectivity index (χ2n) is 8.02. The van der Waals surface area contributed by atoms with Gasteiger partial charge in [-0.25, -0.2) is 18.2 Å². The van der Waals surface area contributed by atoms with Crippen LogP contribution in [0, 0.1) is 12.7 Å². The molecule has 0 radical (unpaired) electrons. The number of aryl methyl sites for hydroxylation is 1. The van der Waals surface area contributed by atoms with Gasteiger partial charge in [-0.3, -0.25) is 9.78 Å². The molecule has 1 amide bonds. The Morgan fingerprint density at radius 3 is 2.50 bits per heavy atom. The molecule has 3 N–H and O–H groups in total. The van der Waals surface area contributed by atoms with E-state index in [0.29, 0.717) is 16.8 Å². The lowest BCUT2D eigenvalue weighted by molar-refractivity contribution is -0.274.